The number of nitrogens with two attached hydrogens (primary N) is 1. The maximum absolute atomic E-state index is 12.1. The molecule has 3 aromatic rings. The van der Waals surface area contributed by atoms with Crippen LogP contribution < -0.4 is 11.1 Å². The highest BCUT2D eigenvalue weighted by Gasteiger charge is 2.15. The van der Waals surface area contributed by atoms with Crippen molar-refractivity contribution in [1.82, 2.24) is 9.36 Å². The summed E-state index contributed by atoms with van der Waals surface area (Å²) in [7, 11) is 0. The van der Waals surface area contributed by atoms with Crippen LogP contribution in [0.2, 0.25) is 0 Å². The fourth-order valence-corrected chi connectivity index (χ4v) is 3.11. The van der Waals surface area contributed by atoms with Crippen LogP contribution in [0.5, 0.6) is 0 Å². The number of carbonyl (C=O) groups excluding carboxylic acids is 2. The summed E-state index contributed by atoms with van der Waals surface area (Å²) >= 11 is 2.48. The first-order chi connectivity index (χ1) is 10.5. The van der Waals surface area contributed by atoms with Crippen molar-refractivity contribution in [2.75, 3.05) is 5.32 Å². The normalized spacial score (nSPS) is 10.6. The fraction of sp³-hybridized carbons (Fsp3) is 0.0769. The molecule has 0 saturated carbocycles. The molecular weight excluding hydrogens is 324 g/mol. The van der Waals surface area contributed by atoms with E-state index in [9.17, 15) is 9.59 Å². The maximum atomic E-state index is 12.1. The molecule has 0 fully saturated rings. The predicted octanol–water partition coefficient (Wildman–Crippen LogP) is 2.52. The average Bonchev–Trinajstić information content (AvgIpc) is 3.16. The summed E-state index contributed by atoms with van der Waals surface area (Å²) in [5, 5.41) is 6.55. The van der Waals surface area contributed by atoms with Crippen molar-refractivity contribution in [3.05, 3.63) is 39.9 Å². The topological polar surface area (TPSA) is 111 Å². The number of hydrogen-bond donors (Lipinski definition) is 2. The van der Waals surface area contributed by atoms with Crippen molar-refractivity contribution in [1.29, 1.82) is 0 Å². The zero-order valence-corrected chi connectivity index (χ0v) is 13.0. The zero-order valence-electron chi connectivity index (χ0n) is 11.3. The molecule has 0 spiro atoms. The average molecular weight is 334 g/mol. The Morgan fingerprint density at radius 2 is 2.18 bits per heavy atom. The van der Waals surface area contributed by atoms with Gasteiger partial charge in [0.15, 0.2) is 10.9 Å². The van der Waals surface area contributed by atoms with Gasteiger partial charge in [0.2, 0.25) is 0 Å². The Hall–Kier alpha value is -2.52. The van der Waals surface area contributed by atoms with Gasteiger partial charge < -0.3 is 10.2 Å². The molecule has 112 valence electrons. The van der Waals surface area contributed by atoms with Crippen LogP contribution in [0.4, 0.5) is 5.13 Å². The number of anilines is 1. The van der Waals surface area contributed by atoms with Gasteiger partial charge in [0.25, 0.3) is 11.8 Å². The smallest absolute Gasteiger partial charge is 0.260 e. The van der Waals surface area contributed by atoms with Crippen LogP contribution in [0.25, 0.3) is 11.5 Å². The predicted molar refractivity (Wildman–Crippen MR) is 83.1 cm³/mol. The van der Waals surface area contributed by atoms with Gasteiger partial charge in [0.1, 0.15) is 12.0 Å². The highest BCUT2D eigenvalue weighted by atomic mass is 32.1. The molecule has 2 amide bonds. The number of thiazole rings is 1. The second kappa shape index (κ2) is 5.70. The highest BCUT2D eigenvalue weighted by Crippen LogP contribution is 2.27. The third-order valence-corrected chi connectivity index (χ3v) is 4.33. The molecule has 0 aliphatic heterocycles. The van der Waals surface area contributed by atoms with Gasteiger partial charge in [-0.2, -0.15) is 4.37 Å². The maximum Gasteiger partial charge on any atom is 0.260 e. The van der Waals surface area contributed by atoms with E-state index in [0.29, 0.717) is 27.8 Å². The van der Waals surface area contributed by atoms with Crippen LogP contribution in [0.1, 0.15) is 26.4 Å². The first kappa shape index (κ1) is 14.4. The highest BCUT2D eigenvalue weighted by molar-refractivity contribution is 7.14. The number of nitrogens with zero attached hydrogens (tertiary/aromatic N) is 2. The van der Waals surface area contributed by atoms with Gasteiger partial charge in [0.05, 0.1) is 16.8 Å². The molecular formula is C13H10N4O3S2. The molecule has 7 nitrogen and oxygen atoms in total. The minimum absolute atomic E-state index is 0.260. The van der Waals surface area contributed by atoms with Gasteiger partial charge in [-0.1, -0.05) is 0 Å². The van der Waals surface area contributed by atoms with E-state index in [1.54, 1.807) is 17.7 Å². The third kappa shape index (κ3) is 2.76. The quantitative estimate of drug-likeness (QED) is 0.761. The Kier molecular flexibility index (Phi) is 3.73. The number of rotatable bonds is 4. The van der Waals surface area contributed by atoms with E-state index in [-0.39, 0.29) is 11.5 Å². The molecule has 0 aromatic carbocycles. The van der Waals surface area contributed by atoms with Crippen molar-refractivity contribution in [2.24, 2.45) is 5.73 Å². The summed E-state index contributed by atoms with van der Waals surface area (Å²) in [5.41, 5.74) is 7.16. The van der Waals surface area contributed by atoms with E-state index in [1.807, 2.05) is 0 Å². The molecule has 3 aromatic heterocycles. The lowest BCUT2D eigenvalue weighted by atomic mass is 10.2. The Balaban J connectivity index is 1.77. The van der Waals surface area contributed by atoms with Crippen molar-refractivity contribution < 1.29 is 14.0 Å². The fourth-order valence-electron chi connectivity index (χ4n) is 1.72. The van der Waals surface area contributed by atoms with Gasteiger partial charge in [0, 0.05) is 10.8 Å². The summed E-state index contributed by atoms with van der Waals surface area (Å²) < 4.78 is 9.30. The number of carbonyl (C=O) groups is 2. The second-order valence-electron chi connectivity index (χ2n) is 4.37. The molecule has 0 aliphatic carbocycles. The number of hydrogen-bond acceptors (Lipinski definition) is 7. The minimum Gasteiger partial charge on any atom is -0.462 e. The number of aryl methyl sites for hydroxylation is 1. The summed E-state index contributed by atoms with van der Waals surface area (Å²) in [6.07, 6.45) is 1.27. The van der Waals surface area contributed by atoms with Crippen LogP contribution in [0.15, 0.2) is 27.5 Å². The van der Waals surface area contributed by atoms with E-state index in [4.69, 9.17) is 10.2 Å². The molecule has 3 N–H and O–H groups in total. The summed E-state index contributed by atoms with van der Waals surface area (Å²) in [5.74, 6) is -0.414. The van der Waals surface area contributed by atoms with E-state index >= 15 is 0 Å². The van der Waals surface area contributed by atoms with Gasteiger partial charge in [-0.15, -0.1) is 11.3 Å². The van der Waals surface area contributed by atoms with E-state index < -0.39 is 5.91 Å². The summed E-state index contributed by atoms with van der Waals surface area (Å²) in [6.45, 7) is 1.77. The molecule has 0 atom stereocenters. The molecule has 3 rings (SSSR count). The van der Waals surface area contributed by atoms with Crippen LogP contribution >= 0.6 is 22.9 Å². The summed E-state index contributed by atoms with van der Waals surface area (Å²) in [4.78, 5) is 27.4. The minimum atomic E-state index is -0.570. The number of aromatic nitrogens is 2. The Morgan fingerprint density at radius 3 is 2.82 bits per heavy atom. The first-order valence-corrected chi connectivity index (χ1v) is 7.83. The van der Waals surface area contributed by atoms with E-state index in [0.717, 1.165) is 0 Å². The second-order valence-corrected chi connectivity index (χ2v) is 5.86. The van der Waals surface area contributed by atoms with Crippen molar-refractivity contribution >= 4 is 39.8 Å². The summed E-state index contributed by atoms with van der Waals surface area (Å²) in [6, 6.07) is 1.51. The van der Waals surface area contributed by atoms with Gasteiger partial charge in [-0.3, -0.25) is 14.9 Å². The van der Waals surface area contributed by atoms with Crippen LogP contribution in [0.3, 0.4) is 0 Å². The van der Waals surface area contributed by atoms with Crippen molar-refractivity contribution in [2.45, 2.75) is 6.92 Å². The van der Waals surface area contributed by atoms with Crippen LogP contribution in [-0.2, 0) is 0 Å². The lowest BCUT2D eigenvalue weighted by molar-refractivity contribution is 0.0997. The largest absolute Gasteiger partial charge is 0.462 e. The van der Waals surface area contributed by atoms with Crippen LogP contribution in [-0.4, -0.2) is 21.2 Å². The molecule has 9 heteroatoms. The van der Waals surface area contributed by atoms with Gasteiger partial charge in [-0.05, 0) is 24.5 Å². The Morgan fingerprint density at radius 1 is 1.36 bits per heavy atom. The monoisotopic (exact) mass is 334 g/mol. The third-order valence-electron chi connectivity index (χ3n) is 2.86. The molecule has 0 unspecified atom stereocenters. The Labute approximate surface area is 133 Å². The lowest BCUT2D eigenvalue weighted by Crippen LogP contribution is -2.12. The molecule has 0 bridgehead atoms. The number of nitrogens with one attached hydrogen (secondary N) is 1. The Bertz CT molecular complexity index is 849. The lowest BCUT2D eigenvalue weighted by Gasteiger charge is -1.99. The number of furan rings is 1. The molecule has 0 radical (unpaired) electrons. The molecule has 0 saturated heterocycles. The first-order valence-electron chi connectivity index (χ1n) is 6.11. The van der Waals surface area contributed by atoms with Crippen molar-refractivity contribution in [3.63, 3.8) is 0 Å². The number of amides is 2. The molecule has 0 aliphatic rings. The van der Waals surface area contributed by atoms with E-state index in [2.05, 4.69) is 14.7 Å². The van der Waals surface area contributed by atoms with Crippen LogP contribution in [0, 0.1) is 6.92 Å². The molecule has 3 heterocycles. The van der Waals surface area contributed by atoms with E-state index in [1.165, 1.54) is 35.2 Å². The SMILES string of the molecule is Cc1nscc1C(=O)Nc1nc(-c2cc(C(N)=O)co2)cs1. The number of primary amides is 1. The standard InChI is InChI=1S/C13H10N4O3S2/c1-6-8(4-22-17-6)12(19)16-13-15-9(5-21-13)10-2-7(3-20-10)11(14)18/h2-5H,1H3,(H2,14,18)(H,15,16,19). The zero-order chi connectivity index (χ0) is 15.7. The molecule has 22 heavy (non-hydrogen) atoms. The van der Waals surface area contributed by atoms with Crippen molar-refractivity contribution in [3.8, 4) is 11.5 Å². The van der Waals surface area contributed by atoms with Gasteiger partial charge >= 0.3 is 0 Å². The van der Waals surface area contributed by atoms with Gasteiger partial charge in [-0.25, -0.2) is 4.98 Å².